The highest BCUT2D eigenvalue weighted by Gasteiger charge is 2.19. The normalized spacial score (nSPS) is 23.7. The first-order valence-corrected chi connectivity index (χ1v) is 6.49. The van der Waals surface area contributed by atoms with Crippen LogP contribution in [0.5, 0.6) is 0 Å². The quantitative estimate of drug-likeness (QED) is 0.788. The zero-order valence-corrected chi connectivity index (χ0v) is 10.8. The third kappa shape index (κ3) is 3.15. The van der Waals surface area contributed by atoms with Gasteiger partial charge in [0.15, 0.2) is 0 Å². The molecule has 1 aromatic carbocycles. The molecule has 0 bridgehead atoms. The van der Waals surface area contributed by atoms with Gasteiger partial charge in [0.05, 0.1) is 10.6 Å². The Kier molecular flexibility index (Phi) is 4.09. The standard InChI is InChI=1S/C13H17ClN2O2/c14-12-5-4-10(7-11(12)13(17)18)16-9-3-1-2-8(15)6-9/h4-5,7-9,16H,1-3,6,15H2,(H,17,18). The lowest BCUT2D eigenvalue weighted by atomic mass is 9.91. The van der Waals surface area contributed by atoms with Crippen molar-refractivity contribution in [2.45, 2.75) is 37.8 Å². The van der Waals surface area contributed by atoms with Crippen LogP contribution in [0.1, 0.15) is 36.0 Å². The van der Waals surface area contributed by atoms with Crippen LogP contribution < -0.4 is 11.1 Å². The highest BCUT2D eigenvalue weighted by atomic mass is 35.5. The van der Waals surface area contributed by atoms with Crippen molar-refractivity contribution in [2.24, 2.45) is 5.73 Å². The van der Waals surface area contributed by atoms with Crippen LogP contribution in [0.25, 0.3) is 0 Å². The summed E-state index contributed by atoms with van der Waals surface area (Å²) in [5, 5.41) is 12.6. The number of aromatic carboxylic acids is 1. The second kappa shape index (κ2) is 5.59. The summed E-state index contributed by atoms with van der Waals surface area (Å²) in [6.07, 6.45) is 4.17. The van der Waals surface area contributed by atoms with E-state index in [0.29, 0.717) is 6.04 Å². The van der Waals surface area contributed by atoms with Crippen LogP contribution >= 0.6 is 11.6 Å². The number of carboxylic acid groups (broad SMARTS) is 1. The second-order valence-corrected chi connectivity index (χ2v) is 5.17. The van der Waals surface area contributed by atoms with E-state index >= 15 is 0 Å². The van der Waals surface area contributed by atoms with Gasteiger partial charge < -0.3 is 16.2 Å². The number of hydrogen-bond acceptors (Lipinski definition) is 3. The number of carbonyl (C=O) groups is 1. The van der Waals surface area contributed by atoms with Crippen molar-refractivity contribution >= 4 is 23.3 Å². The van der Waals surface area contributed by atoms with Gasteiger partial charge in [-0.15, -0.1) is 0 Å². The van der Waals surface area contributed by atoms with Crippen LogP contribution in [0.15, 0.2) is 18.2 Å². The largest absolute Gasteiger partial charge is 0.478 e. The average Bonchev–Trinajstić information content (AvgIpc) is 2.31. The molecule has 1 aliphatic carbocycles. The van der Waals surface area contributed by atoms with Crippen molar-refractivity contribution in [3.63, 3.8) is 0 Å². The lowest BCUT2D eigenvalue weighted by Crippen LogP contribution is -2.34. The van der Waals surface area contributed by atoms with E-state index in [1.165, 1.54) is 0 Å². The van der Waals surface area contributed by atoms with E-state index in [1.807, 2.05) is 0 Å². The highest BCUT2D eigenvalue weighted by molar-refractivity contribution is 6.33. The summed E-state index contributed by atoms with van der Waals surface area (Å²) in [4.78, 5) is 11.0. The van der Waals surface area contributed by atoms with Gasteiger partial charge in [0.25, 0.3) is 0 Å². The topological polar surface area (TPSA) is 75.3 Å². The Morgan fingerprint density at radius 3 is 2.89 bits per heavy atom. The van der Waals surface area contributed by atoms with Crippen molar-refractivity contribution in [3.05, 3.63) is 28.8 Å². The molecule has 18 heavy (non-hydrogen) atoms. The van der Waals surface area contributed by atoms with Gasteiger partial charge >= 0.3 is 5.97 Å². The van der Waals surface area contributed by atoms with Crippen molar-refractivity contribution in [1.29, 1.82) is 0 Å². The van der Waals surface area contributed by atoms with Gasteiger partial charge in [-0.1, -0.05) is 11.6 Å². The zero-order valence-electron chi connectivity index (χ0n) is 10.0. The molecule has 2 rings (SSSR count). The fourth-order valence-electron chi connectivity index (χ4n) is 2.37. The first kappa shape index (κ1) is 13.2. The molecule has 0 heterocycles. The van der Waals surface area contributed by atoms with Crippen LogP contribution in [0.3, 0.4) is 0 Å². The highest BCUT2D eigenvalue weighted by Crippen LogP contribution is 2.24. The summed E-state index contributed by atoms with van der Waals surface area (Å²) in [7, 11) is 0. The summed E-state index contributed by atoms with van der Waals surface area (Å²) in [6, 6.07) is 5.54. The summed E-state index contributed by atoms with van der Waals surface area (Å²) in [5.41, 5.74) is 6.84. The molecule has 0 aliphatic heterocycles. The molecular formula is C13H17ClN2O2. The van der Waals surface area contributed by atoms with Gasteiger partial charge in [-0.3, -0.25) is 0 Å². The molecule has 0 spiro atoms. The molecule has 5 heteroatoms. The van der Waals surface area contributed by atoms with Crippen LogP contribution in [-0.4, -0.2) is 23.2 Å². The minimum atomic E-state index is -1.01. The summed E-state index contributed by atoms with van der Waals surface area (Å²) < 4.78 is 0. The van der Waals surface area contributed by atoms with Gasteiger partial charge in [-0.05, 0) is 43.9 Å². The van der Waals surface area contributed by atoms with Crippen molar-refractivity contribution < 1.29 is 9.90 Å². The molecular weight excluding hydrogens is 252 g/mol. The molecule has 0 amide bonds. The third-order valence-electron chi connectivity index (χ3n) is 3.28. The summed E-state index contributed by atoms with van der Waals surface area (Å²) in [6.45, 7) is 0. The van der Waals surface area contributed by atoms with Crippen molar-refractivity contribution in [3.8, 4) is 0 Å². The van der Waals surface area contributed by atoms with E-state index in [-0.39, 0.29) is 16.6 Å². The van der Waals surface area contributed by atoms with Crippen molar-refractivity contribution in [1.82, 2.24) is 0 Å². The zero-order chi connectivity index (χ0) is 13.1. The molecule has 0 saturated heterocycles. The number of carboxylic acids is 1. The fourth-order valence-corrected chi connectivity index (χ4v) is 2.57. The molecule has 1 fully saturated rings. The van der Waals surface area contributed by atoms with E-state index in [2.05, 4.69) is 5.32 Å². The van der Waals surface area contributed by atoms with Gasteiger partial charge in [0.2, 0.25) is 0 Å². The van der Waals surface area contributed by atoms with Gasteiger partial charge in [-0.25, -0.2) is 4.79 Å². The maximum absolute atomic E-state index is 11.0. The Morgan fingerprint density at radius 1 is 1.44 bits per heavy atom. The Labute approximate surface area is 111 Å². The Bertz CT molecular complexity index is 451. The SMILES string of the molecule is NC1CCCC(Nc2ccc(Cl)c(C(=O)O)c2)C1. The van der Waals surface area contributed by atoms with Crippen LogP contribution in [0, 0.1) is 0 Å². The number of benzene rings is 1. The Hall–Kier alpha value is -1.26. The lowest BCUT2D eigenvalue weighted by Gasteiger charge is -2.28. The predicted octanol–water partition coefficient (Wildman–Crippen LogP) is 2.72. The van der Waals surface area contributed by atoms with Crippen LogP contribution in [0.4, 0.5) is 5.69 Å². The van der Waals surface area contributed by atoms with Gasteiger partial charge in [0.1, 0.15) is 0 Å². The first-order valence-electron chi connectivity index (χ1n) is 6.11. The molecule has 0 aromatic heterocycles. The molecule has 98 valence electrons. The van der Waals surface area contributed by atoms with E-state index in [4.69, 9.17) is 22.4 Å². The second-order valence-electron chi connectivity index (χ2n) is 4.77. The van der Waals surface area contributed by atoms with Crippen LogP contribution in [0.2, 0.25) is 5.02 Å². The first-order chi connectivity index (χ1) is 8.56. The number of rotatable bonds is 3. The molecule has 4 N–H and O–H groups in total. The van der Waals surface area contributed by atoms with E-state index < -0.39 is 5.97 Å². The number of nitrogens with two attached hydrogens (primary N) is 1. The number of anilines is 1. The predicted molar refractivity (Wildman–Crippen MR) is 72.3 cm³/mol. The molecule has 0 radical (unpaired) electrons. The third-order valence-corrected chi connectivity index (χ3v) is 3.61. The molecule has 1 aliphatic rings. The number of hydrogen-bond donors (Lipinski definition) is 3. The fraction of sp³-hybridized carbons (Fsp3) is 0.462. The van der Waals surface area contributed by atoms with Crippen LogP contribution in [-0.2, 0) is 0 Å². The summed E-state index contributed by atoms with van der Waals surface area (Å²) >= 11 is 5.83. The molecule has 2 unspecified atom stereocenters. The van der Waals surface area contributed by atoms with E-state index in [1.54, 1.807) is 18.2 Å². The van der Waals surface area contributed by atoms with Crippen molar-refractivity contribution in [2.75, 3.05) is 5.32 Å². The average molecular weight is 269 g/mol. The smallest absolute Gasteiger partial charge is 0.337 e. The summed E-state index contributed by atoms with van der Waals surface area (Å²) in [5.74, 6) is -1.01. The number of nitrogens with one attached hydrogen (secondary N) is 1. The molecule has 1 saturated carbocycles. The Balaban J connectivity index is 2.09. The van der Waals surface area contributed by atoms with Gasteiger partial charge in [0, 0.05) is 17.8 Å². The van der Waals surface area contributed by atoms with Gasteiger partial charge in [-0.2, -0.15) is 0 Å². The van der Waals surface area contributed by atoms with E-state index in [0.717, 1.165) is 31.4 Å². The maximum Gasteiger partial charge on any atom is 0.337 e. The molecule has 2 atom stereocenters. The maximum atomic E-state index is 11.0. The lowest BCUT2D eigenvalue weighted by molar-refractivity contribution is 0.0697. The number of halogens is 1. The minimum Gasteiger partial charge on any atom is -0.478 e. The minimum absolute atomic E-state index is 0.127. The Morgan fingerprint density at radius 2 is 2.22 bits per heavy atom. The monoisotopic (exact) mass is 268 g/mol. The molecule has 1 aromatic rings. The molecule has 4 nitrogen and oxygen atoms in total. The van der Waals surface area contributed by atoms with E-state index in [9.17, 15) is 4.79 Å².